The summed E-state index contributed by atoms with van der Waals surface area (Å²) in [5.74, 6) is 0.855. The molecule has 0 aromatic carbocycles. The van der Waals surface area contributed by atoms with E-state index in [9.17, 15) is 9.59 Å². The van der Waals surface area contributed by atoms with Crippen LogP contribution in [0.2, 0.25) is 0 Å². The number of amides is 3. The van der Waals surface area contributed by atoms with E-state index in [0.717, 1.165) is 38.9 Å². The number of carbonyl (C=O) groups is 2. The highest BCUT2D eigenvalue weighted by Crippen LogP contribution is 2.37. The number of urea groups is 1. The van der Waals surface area contributed by atoms with Gasteiger partial charge in [0.25, 0.3) is 0 Å². The summed E-state index contributed by atoms with van der Waals surface area (Å²) in [4.78, 5) is 27.6. The maximum Gasteiger partial charge on any atom is 0.317 e. The van der Waals surface area contributed by atoms with E-state index in [0.29, 0.717) is 30.3 Å². The molecule has 2 atom stereocenters. The van der Waals surface area contributed by atoms with Crippen LogP contribution in [-0.4, -0.2) is 67.0 Å². The number of nitrogens with zero attached hydrogens (tertiary/aromatic N) is 2. The van der Waals surface area contributed by atoms with Crippen LogP contribution in [0.4, 0.5) is 4.79 Å². The molecule has 23 heavy (non-hydrogen) atoms. The topological polar surface area (TPSA) is 64.7 Å². The van der Waals surface area contributed by atoms with Crippen molar-refractivity contribution in [2.24, 2.45) is 11.3 Å². The van der Waals surface area contributed by atoms with Crippen molar-refractivity contribution < 1.29 is 9.59 Å². The Morgan fingerprint density at radius 3 is 2.48 bits per heavy atom. The zero-order valence-corrected chi connectivity index (χ0v) is 14.6. The van der Waals surface area contributed by atoms with Crippen molar-refractivity contribution in [2.45, 2.75) is 51.6 Å². The highest BCUT2D eigenvalue weighted by atomic mass is 16.2. The highest BCUT2D eigenvalue weighted by Gasteiger charge is 2.43. The van der Waals surface area contributed by atoms with Crippen LogP contribution >= 0.6 is 0 Å². The van der Waals surface area contributed by atoms with Crippen LogP contribution in [0.25, 0.3) is 0 Å². The predicted octanol–water partition coefficient (Wildman–Crippen LogP) is 1.03. The van der Waals surface area contributed by atoms with E-state index in [1.165, 1.54) is 0 Å². The van der Waals surface area contributed by atoms with Gasteiger partial charge in [0.15, 0.2) is 0 Å². The number of carbonyl (C=O) groups excluding carboxylic acids is 2. The Morgan fingerprint density at radius 2 is 1.96 bits per heavy atom. The van der Waals surface area contributed by atoms with E-state index in [1.807, 2.05) is 4.90 Å². The summed E-state index contributed by atoms with van der Waals surface area (Å²) in [5, 5.41) is 6.67. The lowest BCUT2D eigenvalue weighted by molar-refractivity contribution is -0.132. The second kappa shape index (κ2) is 6.30. The summed E-state index contributed by atoms with van der Waals surface area (Å²) >= 11 is 0. The van der Waals surface area contributed by atoms with Crippen molar-refractivity contribution in [3.05, 3.63) is 0 Å². The van der Waals surface area contributed by atoms with E-state index in [2.05, 4.69) is 24.5 Å². The van der Waals surface area contributed by atoms with E-state index < -0.39 is 0 Å². The standard InChI is InChI=1S/C17H30N4O2/c1-17(2)11-18-15(17)12-6-8-21(9-7-12)16(23)19-13-4-5-14(22)20(3)10-13/h12-13,15,18H,4-11H2,1-3H3,(H,19,23). The summed E-state index contributed by atoms with van der Waals surface area (Å²) in [6, 6.07) is 0.734. The normalized spacial score (nSPS) is 31.7. The van der Waals surface area contributed by atoms with Crippen molar-refractivity contribution in [3.63, 3.8) is 0 Å². The third-order valence-corrected chi connectivity index (χ3v) is 5.87. The Morgan fingerprint density at radius 1 is 1.26 bits per heavy atom. The number of piperidine rings is 2. The Hall–Kier alpha value is -1.30. The molecule has 2 unspecified atom stereocenters. The molecule has 3 aliphatic heterocycles. The Kier molecular flexibility index (Phi) is 4.54. The zero-order chi connectivity index (χ0) is 16.6. The van der Waals surface area contributed by atoms with Crippen molar-refractivity contribution in [3.8, 4) is 0 Å². The fourth-order valence-electron chi connectivity index (χ4n) is 4.26. The molecule has 0 spiro atoms. The lowest BCUT2D eigenvalue weighted by Gasteiger charge is -2.51. The molecule has 0 aromatic rings. The van der Waals surface area contributed by atoms with Gasteiger partial charge in [-0.25, -0.2) is 4.79 Å². The first-order valence-corrected chi connectivity index (χ1v) is 8.89. The Labute approximate surface area is 139 Å². The summed E-state index contributed by atoms with van der Waals surface area (Å²) in [5.41, 5.74) is 0.397. The van der Waals surface area contributed by atoms with Crippen molar-refractivity contribution in [2.75, 3.05) is 33.2 Å². The smallest absolute Gasteiger partial charge is 0.317 e. The number of nitrogens with one attached hydrogen (secondary N) is 2. The second-order valence-corrected chi connectivity index (χ2v) is 8.13. The first-order valence-electron chi connectivity index (χ1n) is 8.89. The van der Waals surface area contributed by atoms with Crippen LogP contribution in [0, 0.1) is 11.3 Å². The van der Waals surface area contributed by atoms with Gasteiger partial charge in [-0.2, -0.15) is 0 Å². The van der Waals surface area contributed by atoms with Crippen LogP contribution < -0.4 is 10.6 Å². The first-order chi connectivity index (χ1) is 10.9. The molecule has 3 aliphatic rings. The summed E-state index contributed by atoms with van der Waals surface area (Å²) in [6.07, 6.45) is 3.45. The maximum absolute atomic E-state index is 12.4. The molecular formula is C17H30N4O2. The number of likely N-dealkylation sites (tertiary alicyclic amines) is 2. The molecule has 6 nitrogen and oxygen atoms in total. The monoisotopic (exact) mass is 322 g/mol. The molecule has 0 radical (unpaired) electrons. The average Bonchev–Trinajstić information content (AvgIpc) is 2.50. The zero-order valence-electron chi connectivity index (χ0n) is 14.6. The van der Waals surface area contributed by atoms with Gasteiger partial charge in [0.05, 0.1) is 0 Å². The predicted molar refractivity (Wildman–Crippen MR) is 89.1 cm³/mol. The van der Waals surface area contributed by atoms with Crippen LogP contribution in [0.1, 0.15) is 39.5 Å². The number of likely N-dealkylation sites (N-methyl/N-ethyl adjacent to an activating group) is 1. The highest BCUT2D eigenvalue weighted by molar-refractivity contribution is 5.78. The minimum atomic E-state index is 0.0389. The molecule has 3 rings (SSSR count). The lowest BCUT2D eigenvalue weighted by Crippen LogP contribution is -2.64. The maximum atomic E-state index is 12.4. The third kappa shape index (κ3) is 3.47. The van der Waals surface area contributed by atoms with E-state index in [-0.39, 0.29) is 18.0 Å². The summed E-state index contributed by atoms with van der Waals surface area (Å²) < 4.78 is 0. The molecular weight excluding hydrogens is 292 g/mol. The van der Waals surface area contributed by atoms with Crippen LogP contribution in [-0.2, 0) is 4.79 Å². The number of rotatable bonds is 2. The van der Waals surface area contributed by atoms with Crippen molar-refractivity contribution in [1.29, 1.82) is 0 Å². The molecule has 3 amide bonds. The van der Waals surface area contributed by atoms with Gasteiger partial charge in [-0.3, -0.25) is 4.79 Å². The SMILES string of the molecule is CN1CC(NC(=O)N2CCC(C3NCC3(C)C)CC2)CCC1=O. The summed E-state index contributed by atoms with van der Waals surface area (Å²) in [7, 11) is 1.81. The van der Waals surface area contributed by atoms with Gasteiger partial charge >= 0.3 is 6.03 Å². The van der Waals surface area contributed by atoms with Crippen molar-refractivity contribution >= 4 is 11.9 Å². The Bertz CT molecular complexity index is 471. The number of hydrogen-bond donors (Lipinski definition) is 2. The van der Waals surface area contributed by atoms with Gasteiger partial charge in [-0.1, -0.05) is 13.8 Å². The fourth-order valence-corrected chi connectivity index (χ4v) is 4.26. The van der Waals surface area contributed by atoms with Crippen LogP contribution in [0.15, 0.2) is 0 Å². The van der Waals surface area contributed by atoms with Gasteiger partial charge in [0, 0.05) is 51.7 Å². The van der Waals surface area contributed by atoms with Gasteiger partial charge in [0.1, 0.15) is 0 Å². The largest absolute Gasteiger partial charge is 0.344 e. The fraction of sp³-hybridized carbons (Fsp3) is 0.882. The van der Waals surface area contributed by atoms with E-state index in [1.54, 1.807) is 11.9 Å². The van der Waals surface area contributed by atoms with Crippen LogP contribution in [0.5, 0.6) is 0 Å². The van der Waals surface area contributed by atoms with E-state index >= 15 is 0 Å². The van der Waals surface area contributed by atoms with Crippen molar-refractivity contribution in [1.82, 2.24) is 20.4 Å². The number of hydrogen-bond acceptors (Lipinski definition) is 3. The first kappa shape index (κ1) is 16.6. The van der Waals surface area contributed by atoms with E-state index in [4.69, 9.17) is 0 Å². The van der Waals surface area contributed by atoms with Gasteiger partial charge < -0.3 is 20.4 Å². The second-order valence-electron chi connectivity index (χ2n) is 8.13. The average molecular weight is 322 g/mol. The quantitative estimate of drug-likeness (QED) is 0.798. The molecule has 0 saturated carbocycles. The Balaban J connectivity index is 1.44. The molecule has 2 N–H and O–H groups in total. The molecule has 0 bridgehead atoms. The van der Waals surface area contributed by atoms with Crippen LogP contribution in [0.3, 0.4) is 0 Å². The molecule has 6 heteroatoms. The molecule has 3 fully saturated rings. The lowest BCUT2D eigenvalue weighted by atomic mass is 9.68. The van der Waals surface area contributed by atoms with Gasteiger partial charge in [-0.15, -0.1) is 0 Å². The molecule has 3 saturated heterocycles. The molecule has 3 heterocycles. The minimum absolute atomic E-state index is 0.0389. The van der Waals surface area contributed by atoms with Gasteiger partial charge in [-0.05, 0) is 30.6 Å². The minimum Gasteiger partial charge on any atom is -0.344 e. The molecule has 0 aliphatic carbocycles. The van der Waals surface area contributed by atoms with Gasteiger partial charge in [0.2, 0.25) is 5.91 Å². The summed E-state index contributed by atoms with van der Waals surface area (Å²) in [6.45, 7) is 8.06. The molecule has 0 aromatic heterocycles. The molecule has 130 valence electrons. The third-order valence-electron chi connectivity index (χ3n) is 5.87.